The summed E-state index contributed by atoms with van der Waals surface area (Å²) in [4.78, 5) is 0. The van der Waals surface area contributed by atoms with Crippen LogP contribution in [0.1, 0.15) is 5.69 Å². The standard InChI is InChI=1S/C10H18N4OSi/c1-16(2,3)7-6-15-9-14-8-10(4-5-11)12-13-14/h8H,4,6-7,9H2,1-3H3. The molecule has 0 unspecified atom stereocenters. The number of aromatic nitrogens is 3. The Bertz CT molecular complexity index is 364. The summed E-state index contributed by atoms with van der Waals surface area (Å²) < 4.78 is 7.12. The molecular formula is C10H18N4OSi. The number of hydrogen-bond acceptors (Lipinski definition) is 4. The molecule has 0 aromatic carbocycles. The maximum Gasteiger partial charge on any atom is 0.141 e. The van der Waals surface area contributed by atoms with Crippen molar-refractivity contribution in [3.05, 3.63) is 11.9 Å². The van der Waals surface area contributed by atoms with Crippen molar-refractivity contribution < 1.29 is 4.74 Å². The number of ether oxygens (including phenoxy) is 1. The third-order valence-electron chi connectivity index (χ3n) is 2.07. The van der Waals surface area contributed by atoms with Crippen molar-refractivity contribution in [2.45, 2.75) is 38.8 Å². The quantitative estimate of drug-likeness (QED) is 0.558. The van der Waals surface area contributed by atoms with Crippen LogP contribution in [0, 0.1) is 11.3 Å². The summed E-state index contributed by atoms with van der Waals surface area (Å²) >= 11 is 0. The van der Waals surface area contributed by atoms with Gasteiger partial charge in [-0.3, -0.25) is 0 Å². The second kappa shape index (κ2) is 5.77. The van der Waals surface area contributed by atoms with Gasteiger partial charge in [-0.25, -0.2) is 4.68 Å². The van der Waals surface area contributed by atoms with Gasteiger partial charge in [-0.05, 0) is 6.04 Å². The van der Waals surface area contributed by atoms with Gasteiger partial charge in [0.05, 0.1) is 24.4 Å². The molecule has 0 spiro atoms. The zero-order valence-corrected chi connectivity index (χ0v) is 11.1. The predicted octanol–water partition coefficient (Wildman–Crippen LogP) is 1.66. The van der Waals surface area contributed by atoms with E-state index in [0.717, 1.165) is 12.7 Å². The van der Waals surface area contributed by atoms with Crippen LogP contribution in [0.15, 0.2) is 6.20 Å². The van der Waals surface area contributed by atoms with Crippen LogP contribution in [-0.2, 0) is 17.9 Å². The molecule has 0 aliphatic heterocycles. The van der Waals surface area contributed by atoms with Crippen molar-refractivity contribution in [2.75, 3.05) is 6.61 Å². The fraction of sp³-hybridized carbons (Fsp3) is 0.700. The first-order valence-corrected chi connectivity index (χ1v) is 9.06. The van der Waals surface area contributed by atoms with E-state index in [1.807, 2.05) is 6.07 Å². The van der Waals surface area contributed by atoms with E-state index in [2.05, 4.69) is 30.0 Å². The first-order valence-electron chi connectivity index (χ1n) is 5.35. The van der Waals surface area contributed by atoms with E-state index in [4.69, 9.17) is 10.00 Å². The molecule has 0 aliphatic carbocycles. The summed E-state index contributed by atoms with van der Waals surface area (Å²) in [5.74, 6) is 0. The molecule has 5 nitrogen and oxygen atoms in total. The molecule has 0 radical (unpaired) electrons. The number of rotatable bonds is 6. The maximum absolute atomic E-state index is 8.48. The molecule has 0 fully saturated rings. The lowest BCUT2D eigenvalue weighted by Gasteiger charge is -2.15. The molecule has 0 N–H and O–H groups in total. The molecule has 1 heterocycles. The second-order valence-electron chi connectivity index (χ2n) is 4.93. The van der Waals surface area contributed by atoms with Gasteiger partial charge >= 0.3 is 0 Å². The monoisotopic (exact) mass is 238 g/mol. The minimum absolute atomic E-state index is 0.301. The van der Waals surface area contributed by atoms with Crippen LogP contribution in [0.5, 0.6) is 0 Å². The van der Waals surface area contributed by atoms with Crippen molar-refractivity contribution in [2.24, 2.45) is 0 Å². The van der Waals surface area contributed by atoms with Crippen LogP contribution >= 0.6 is 0 Å². The van der Waals surface area contributed by atoms with E-state index in [-0.39, 0.29) is 0 Å². The average molecular weight is 238 g/mol. The lowest BCUT2D eigenvalue weighted by atomic mass is 10.4. The summed E-state index contributed by atoms with van der Waals surface area (Å²) in [5.41, 5.74) is 0.691. The van der Waals surface area contributed by atoms with Gasteiger partial charge in [0.15, 0.2) is 0 Å². The van der Waals surface area contributed by atoms with Crippen molar-refractivity contribution in [1.29, 1.82) is 5.26 Å². The van der Waals surface area contributed by atoms with Gasteiger partial charge in [0, 0.05) is 14.7 Å². The Kier molecular flexibility index (Phi) is 4.64. The molecule has 6 heteroatoms. The Labute approximate surface area is 97.0 Å². The zero-order valence-electron chi connectivity index (χ0n) is 10.1. The van der Waals surface area contributed by atoms with Crippen molar-refractivity contribution in [3.63, 3.8) is 0 Å². The summed E-state index contributed by atoms with van der Waals surface area (Å²) in [5, 5.41) is 16.2. The first kappa shape index (κ1) is 12.9. The van der Waals surface area contributed by atoms with E-state index in [9.17, 15) is 0 Å². The van der Waals surface area contributed by atoms with Crippen molar-refractivity contribution in [3.8, 4) is 6.07 Å². The van der Waals surface area contributed by atoms with Crippen LogP contribution in [0.3, 0.4) is 0 Å². The normalized spacial score (nSPS) is 11.4. The molecule has 0 amide bonds. The van der Waals surface area contributed by atoms with Crippen LogP contribution in [0.25, 0.3) is 0 Å². The molecule has 0 saturated heterocycles. The number of nitrogens with zero attached hydrogens (tertiary/aromatic N) is 4. The Morgan fingerprint density at radius 2 is 2.25 bits per heavy atom. The Morgan fingerprint density at radius 3 is 2.88 bits per heavy atom. The van der Waals surface area contributed by atoms with Gasteiger partial charge in [-0.2, -0.15) is 5.26 Å². The summed E-state index contributed by atoms with van der Waals surface area (Å²) in [6, 6.07) is 3.18. The lowest BCUT2D eigenvalue weighted by molar-refractivity contribution is 0.0772. The van der Waals surface area contributed by atoms with Gasteiger partial charge in [0.25, 0.3) is 0 Å². The second-order valence-corrected chi connectivity index (χ2v) is 10.6. The van der Waals surface area contributed by atoms with E-state index < -0.39 is 8.07 Å². The minimum Gasteiger partial charge on any atom is -0.359 e. The van der Waals surface area contributed by atoms with Crippen LogP contribution in [-0.4, -0.2) is 29.7 Å². The van der Waals surface area contributed by atoms with Gasteiger partial charge in [0.2, 0.25) is 0 Å². The van der Waals surface area contributed by atoms with E-state index in [0.29, 0.717) is 18.8 Å². The number of nitriles is 1. The highest BCUT2D eigenvalue weighted by Gasteiger charge is 2.12. The fourth-order valence-corrected chi connectivity index (χ4v) is 1.86. The molecule has 1 aromatic rings. The van der Waals surface area contributed by atoms with Gasteiger partial charge in [0.1, 0.15) is 6.73 Å². The molecule has 0 atom stereocenters. The average Bonchev–Trinajstić information content (AvgIpc) is 2.60. The molecule has 88 valence electrons. The Morgan fingerprint density at radius 1 is 1.50 bits per heavy atom. The van der Waals surface area contributed by atoms with Gasteiger partial charge < -0.3 is 4.74 Å². The predicted molar refractivity (Wildman–Crippen MR) is 63.4 cm³/mol. The van der Waals surface area contributed by atoms with E-state index in [1.165, 1.54) is 0 Å². The smallest absolute Gasteiger partial charge is 0.141 e. The van der Waals surface area contributed by atoms with Crippen molar-refractivity contribution in [1.82, 2.24) is 15.0 Å². The largest absolute Gasteiger partial charge is 0.359 e. The highest BCUT2D eigenvalue weighted by Crippen LogP contribution is 2.07. The molecule has 0 saturated carbocycles. The lowest BCUT2D eigenvalue weighted by Crippen LogP contribution is -2.22. The summed E-state index contributed by atoms with van der Waals surface area (Å²) in [7, 11) is -1.02. The van der Waals surface area contributed by atoms with Crippen LogP contribution < -0.4 is 0 Å². The van der Waals surface area contributed by atoms with Crippen LogP contribution in [0.4, 0.5) is 0 Å². The van der Waals surface area contributed by atoms with Gasteiger partial charge in [-0.1, -0.05) is 24.9 Å². The highest BCUT2D eigenvalue weighted by atomic mass is 28.3. The maximum atomic E-state index is 8.48. The zero-order chi connectivity index (χ0) is 12.0. The Hall–Kier alpha value is -1.19. The minimum atomic E-state index is -1.02. The van der Waals surface area contributed by atoms with E-state index in [1.54, 1.807) is 10.9 Å². The van der Waals surface area contributed by atoms with Gasteiger partial charge in [-0.15, -0.1) is 5.10 Å². The molecule has 0 bridgehead atoms. The molecule has 0 aliphatic rings. The highest BCUT2D eigenvalue weighted by molar-refractivity contribution is 6.76. The molecule has 16 heavy (non-hydrogen) atoms. The fourth-order valence-electron chi connectivity index (χ4n) is 1.10. The molecular weight excluding hydrogens is 220 g/mol. The van der Waals surface area contributed by atoms with Crippen molar-refractivity contribution >= 4 is 8.07 Å². The SMILES string of the molecule is C[Si](C)(C)CCOCn1cc(CC#N)nn1. The summed E-state index contributed by atoms with van der Waals surface area (Å²) in [6.07, 6.45) is 2.05. The third-order valence-corrected chi connectivity index (χ3v) is 3.77. The molecule has 1 rings (SSSR count). The van der Waals surface area contributed by atoms with E-state index >= 15 is 0 Å². The Balaban J connectivity index is 2.25. The topological polar surface area (TPSA) is 63.7 Å². The third kappa shape index (κ3) is 5.05. The first-order chi connectivity index (χ1) is 7.51. The number of hydrogen-bond donors (Lipinski definition) is 0. The molecule has 1 aromatic heterocycles. The van der Waals surface area contributed by atoms with Crippen LogP contribution in [0.2, 0.25) is 25.7 Å². The summed E-state index contributed by atoms with van der Waals surface area (Å²) in [6.45, 7) is 8.14.